The zero-order chi connectivity index (χ0) is 12.8. The topological polar surface area (TPSA) is 78.4 Å². The summed E-state index contributed by atoms with van der Waals surface area (Å²) in [5.74, 6) is 0.264. The molecular formula is C12H16N2O3. The van der Waals surface area contributed by atoms with E-state index in [0.717, 1.165) is 6.42 Å². The van der Waals surface area contributed by atoms with Crippen molar-refractivity contribution in [3.63, 3.8) is 0 Å². The molecule has 0 saturated heterocycles. The normalized spacial score (nSPS) is 25.4. The molecule has 92 valence electrons. The number of rotatable bonds is 3. The Morgan fingerprint density at radius 1 is 1.47 bits per heavy atom. The molecule has 0 aliphatic heterocycles. The van der Waals surface area contributed by atoms with E-state index >= 15 is 0 Å². The molecule has 1 aliphatic carbocycles. The fourth-order valence-corrected chi connectivity index (χ4v) is 2.35. The summed E-state index contributed by atoms with van der Waals surface area (Å²) in [7, 11) is 1.42. The molecule has 1 aromatic rings. The van der Waals surface area contributed by atoms with Crippen LogP contribution >= 0.6 is 0 Å². The summed E-state index contributed by atoms with van der Waals surface area (Å²) in [6, 6.07) is 5.04. The number of hydrogen-bond donors (Lipinski definition) is 1. The maximum absolute atomic E-state index is 11.2. The zero-order valence-electron chi connectivity index (χ0n) is 10.2. The molecule has 1 aromatic carbocycles. The Kier molecular flexibility index (Phi) is 2.39. The third-order valence-electron chi connectivity index (χ3n) is 3.69. The summed E-state index contributed by atoms with van der Waals surface area (Å²) in [4.78, 5) is 10.7. The highest BCUT2D eigenvalue weighted by Crippen LogP contribution is 2.62. The molecule has 1 unspecified atom stereocenters. The van der Waals surface area contributed by atoms with Crippen molar-refractivity contribution in [1.82, 2.24) is 0 Å². The van der Waals surface area contributed by atoms with Crippen LogP contribution in [0, 0.1) is 15.5 Å². The highest BCUT2D eigenvalue weighted by Gasteiger charge is 2.62. The van der Waals surface area contributed by atoms with E-state index in [1.807, 2.05) is 13.8 Å². The van der Waals surface area contributed by atoms with Crippen LogP contribution in [0.4, 0.5) is 5.69 Å². The molecule has 5 nitrogen and oxygen atoms in total. The summed E-state index contributed by atoms with van der Waals surface area (Å²) < 4.78 is 5.04. The minimum Gasteiger partial charge on any atom is -0.490 e. The van der Waals surface area contributed by atoms with Gasteiger partial charge in [-0.25, -0.2) is 0 Å². The summed E-state index contributed by atoms with van der Waals surface area (Å²) in [6.07, 6.45) is 0.744. The lowest BCUT2D eigenvalue weighted by Gasteiger charge is -2.16. The Morgan fingerprint density at radius 3 is 2.47 bits per heavy atom. The van der Waals surface area contributed by atoms with E-state index in [2.05, 4.69) is 0 Å². The van der Waals surface area contributed by atoms with Crippen molar-refractivity contribution in [1.29, 1.82) is 0 Å². The van der Waals surface area contributed by atoms with E-state index in [4.69, 9.17) is 10.5 Å². The van der Waals surface area contributed by atoms with Crippen molar-refractivity contribution < 1.29 is 9.66 Å². The van der Waals surface area contributed by atoms with E-state index in [9.17, 15) is 10.1 Å². The van der Waals surface area contributed by atoms with Gasteiger partial charge < -0.3 is 10.5 Å². The number of para-hydroxylation sites is 1. The number of nitrogens with zero attached hydrogens (tertiary/aromatic N) is 1. The molecule has 2 N–H and O–H groups in total. The molecule has 0 spiro atoms. The molecular weight excluding hydrogens is 220 g/mol. The van der Waals surface area contributed by atoms with Gasteiger partial charge in [0, 0.05) is 0 Å². The van der Waals surface area contributed by atoms with Crippen LogP contribution in [-0.4, -0.2) is 12.0 Å². The number of nitrogens with two attached hydrogens (primary N) is 1. The summed E-state index contributed by atoms with van der Waals surface area (Å²) in [6.45, 7) is 4.02. The Labute approximate surface area is 99.7 Å². The first-order valence-electron chi connectivity index (χ1n) is 5.44. The fraction of sp³-hybridized carbons (Fsp3) is 0.500. The first-order valence-corrected chi connectivity index (χ1v) is 5.44. The lowest BCUT2D eigenvalue weighted by Crippen LogP contribution is -2.26. The highest BCUT2D eigenvalue weighted by molar-refractivity contribution is 5.58. The second-order valence-electron chi connectivity index (χ2n) is 5.15. The van der Waals surface area contributed by atoms with Crippen molar-refractivity contribution in [2.75, 3.05) is 7.11 Å². The van der Waals surface area contributed by atoms with E-state index in [1.54, 1.807) is 18.2 Å². The molecule has 1 fully saturated rings. The van der Waals surface area contributed by atoms with E-state index < -0.39 is 10.5 Å². The molecule has 5 heteroatoms. The molecule has 0 heterocycles. The Bertz CT molecular complexity index is 485. The molecule has 17 heavy (non-hydrogen) atoms. The molecule has 0 radical (unpaired) electrons. The first-order chi connectivity index (χ1) is 7.83. The van der Waals surface area contributed by atoms with Crippen LogP contribution < -0.4 is 10.5 Å². The maximum Gasteiger partial charge on any atom is 0.315 e. The third-order valence-corrected chi connectivity index (χ3v) is 3.69. The summed E-state index contributed by atoms with van der Waals surface area (Å²) in [5, 5.41) is 11.2. The number of benzene rings is 1. The van der Waals surface area contributed by atoms with Gasteiger partial charge in [-0.1, -0.05) is 19.9 Å². The lowest BCUT2D eigenvalue weighted by molar-refractivity contribution is -0.386. The number of methoxy groups -OCH3 is 1. The van der Waals surface area contributed by atoms with Gasteiger partial charge in [-0.2, -0.15) is 0 Å². The standard InChI is InChI=1S/C12H16N2O3/c1-11(2)7-12(11,13)8-5-4-6-9(17-3)10(8)14(15)16/h4-6H,7,13H2,1-3H3. The molecule has 2 rings (SSSR count). The number of ether oxygens (including phenoxy) is 1. The average molecular weight is 236 g/mol. The largest absolute Gasteiger partial charge is 0.490 e. The second-order valence-corrected chi connectivity index (χ2v) is 5.15. The molecule has 0 amide bonds. The van der Waals surface area contributed by atoms with Crippen molar-refractivity contribution in [3.8, 4) is 5.75 Å². The van der Waals surface area contributed by atoms with Crippen LogP contribution in [-0.2, 0) is 5.54 Å². The van der Waals surface area contributed by atoms with Crippen LogP contribution in [0.3, 0.4) is 0 Å². The number of nitro benzene ring substituents is 1. The van der Waals surface area contributed by atoms with Crippen LogP contribution in [0.2, 0.25) is 0 Å². The quantitative estimate of drug-likeness (QED) is 0.644. The van der Waals surface area contributed by atoms with Crippen LogP contribution in [0.25, 0.3) is 0 Å². The Balaban J connectivity index is 2.60. The molecule has 1 aliphatic rings. The van der Waals surface area contributed by atoms with Gasteiger partial charge in [-0.3, -0.25) is 10.1 Å². The minimum atomic E-state index is -0.621. The van der Waals surface area contributed by atoms with Gasteiger partial charge >= 0.3 is 5.69 Å². The maximum atomic E-state index is 11.2. The van der Waals surface area contributed by atoms with Crippen LogP contribution in [0.15, 0.2) is 18.2 Å². The minimum absolute atomic E-state index is 0.0110. The first kappa shape index (κ1) is 11.9. The number of hydrogen-bond acceptors (Lipinski definition) is 4. The van der Waals surface area contributed by atoms with Gasteiger partial charge in [0.25, 0.3) is 0 Å². The third kappa shape index (κ3) is 1.58. The number of nitro groups is 1. The SMILES string of the molecule is COc1cccc(C2(N)CC2(C)C)c1[N+](=O)[O-]. The van der Waals surface area contributed by atoms with E-state index in [1.165, 1.54) is 7.11 Å². The predicted octanol–water partition coefficient (Wildman–Crippen LogP) is 2.19. The van der Waals surface area contributed by atoms with Crippen LogP contribution in [0.1, 0.15) is 25.8 Å². The molecule has 1 saturated carbocycles. The highest BCUT2D eigenvalue weighted by atomic mass is 16.6. The van der Waals surface area contributed by atoms with Gasteiger partial charge in [-0.15, -0.1) is 0 Å². The molecule has 0 bridgehead atoms. The van der Waals surface area contributed by atoms with E-state index in [0.29, 0.717) is 5.56 Å². The smallest absolute Gasteiger partial charge is 0.315 e. The van der Waals surface area contributed by atoms with Gasteiger partial charge in [0.2, 0.25) is 0 Å². The van der Waals surface area contributed by atoms with Crippen molar-refractivity contribution >= 4 is 5.69 Å². The van der Waals surface area contributed by atoms with Gasteiger partial charge in [0.15, 0.2) is 5.75 Å². The fourth-order valence-electron chi connectivity index (χ4n) is 2.35. The molecule has 0 aromatic heterocycles. The monoisotopic (exact) mass is 236 g/mol. The Morgan fingerprint density at radius 2 is 2.06 bits per heavy atom. The van der Waals surface area contributed by atoms with Crippen molar-refractivity contribution in [2.45, 2.75) is 25.8 Å². The Hall–Kier alpha value is -1.62. The zero-order valence-corrected chi connectivity index (χ0v) is 10.2. The molecule has 1 atom stereocenters. The van der Waals surface area contributed by atoms with Crippen LogP contribution in [0.5, 0.6) is 5.75 Å². The van der Waals surface area contributed by atoms with E-state index in [-0.39, 0.29) is 16.9 Å². The van der Waals surface area contributed by atoms with Crippen molar-refractivity contribution in [2.24, 2.45) is 11.1 Å². The van der Waals surface area contributed by atoms with Gasteiger partial charge in [0.05, 0.1) is 23.1 Å². The summed E-state index contributed by atoms with van der Waals surface area (Å²) >= 11 is 0. The van der Waals surface area contributed by atoms with Gasteiger partial charge in [-0.05, 0) is 24.0 Å². The van der Waals surface area contributed by atoms with Gasteiger partial charge in [0.1, 0.15) is 0 Å². The second kappa shape index (κ2) is 3.43. The average Bonchev–Trinajstić information content (AvgIpc) is 2.78. The summed E-state index contributed by atoms with van der Waals surface area (Å²) in [5.41, 5.74) is 6.07. The lowest BCUT2D eigenvalue weighted by atomic mass is 9.95. The predicted molar refractivity (Wildman–Crippen MR) is 63.9 cm³/mol. The van der Waals surface area contributed by atoms with Crippen molar-refractivity contribution in [3.05, 3.63) is 33.9 Å².